The number of hydrogen-bond acceptors (Lipinski definition) is 1. The first-order valence-corrected chi connectivity index (χ1v) is 6.57. The van der Waals surface area contributed by atoms with Crippen LogP contribution in [0.1, 0.15) is 39.2 Å². The van der Waals surface area contributed by atoms with Crippen LogP contribution in [0.3, 0.4) is 0 Å². The summed E-state index contributed by atoms with van der Waals surface area (Å²) < 4.78 is 18.9. The van der Waals surface area contributed by atoms with Crippen molar-refractivity contribution in [1.82, 2.24) is 0 Å². The van der Waals surface area contributed by atoms with Crippen molar-refractivity contribution < 1.29 is 9.13 Å². The van der Waals surface area contributed by atoms with Crippen LogP contribution in [0.4, 0.5) is 4.39 Å². The topological polar surface area (TPSA) is 9.23 Å². The van der Waals surface area contributed by atoms with Crippen LogP contribution in [0, 0.1) is 23.6 Å². The molecule has 0 amide bonds. The van der Waals surface area contributed by atoms with E-state index in [4.69, 9.17) is 4.74 Å². The molecule has 1 unspecified atom stereocenters. The quantitative estimate of drug-likeness (QED) is 0.709. The summed E-state index contributed by atoms with van der Waals surface area (Å²) in [6, 6.07) is 4.70. The van der Waals surface area contributed by atoms with Gasteiger partial charge in [0.25, 0.3) is 0 Å². The molecule has 0 spiro atoms. The van der Waals surface area contributed by atoms with Crippen LogP contribution in [-0.4, -0.2) is 6.61 Å². The van der Waals surface area contributed by atoms with Gasteiger partial charge in [-0.25, -0.2) is 4.39 Å². The third-order valence-corrected chi connectivity index (χ3v) is 2.54. The Labute approximate surface area is 109 Å². The van der Waals surface area contributed by atoms with Gasteiger partial charge in [0.1, 0.15) is 11.6 Å². The summed E-state index contributed by atoms with van der Waals surface area (Å²) in [6.45, 7) is 6.79. The third kappa shape index (κ3) is 4.79. The Morgan fingerprint density at radius 3 is 2.78 bits per heavy atom. The van der Waals surface area contributed by atoms with Crippen LogP contribution in [-0.2, 0) is 6.42 Å². The molecule has 18 heavy (non-hydrogen) atoms. The molecule has 0 bridgehead atoms. The summed E-state index contributed by atoms with van der Waals surface area (Å²) in [4.78, 5) is 0. The van der Waals surface area contributed by atoms with Crippen molar-refractivity contribution in [2.75, 3.05) is 6.61 Å². The van der Waals surface area contributed by atoms with Gasteiger partial charge < -0.3 is 4.74 Å². The van der Waals surface area contributed by atoms with E-state index in [9.17, 15) is 4.39 Å². The standard InChI is InChI=1S/C16H21FO/c1-4-6-7-13(3)11-14-12-15(17)8-9-16(14)18-10-5-2/h8-9,12-13H,4-5,10-11H2,1-3H3. The molecule has 1 rings (SSSR count). The molecule has 1 aromatic rings. The molecule has 98 valence electrons. The molecule has 0 fully saturated rings. The Kier molecular flexibility index (Phi) is 6.28. The maximum Gasteiger partial charge on any atom is 0.123 e. The van der Waals surface area contributed by atoms with E-state index in [1.54, 1.807) is 12.1 Å². The fourth-order valence-electron chi connectivity index (χ4n) is 1.72. The molecule has 0 heterocycles. The molecule has 0 aromatic heterocycles. The highest BCUT2D eigenvalue weighted by atomic mass is 19.1. The van der Waals surface area contributed by atoms with Gasteiger partial charge in [0.15, 0.2) is 0 Å². The van der Waals surface area contributed by atoms with Crippen molar-refractivity contribution in [3.63, 3.8) is 0 Å². The Morgan fingerprint density at radius 1 is 1.33 bits per heavy atom. The van der Waals surface area contributed by atoms with Gasteiger partial charge >= 0.3 is 0 Å². The van der Waals surface area contributed by atoms with Gasteiger partial charge in [0.2, 0.25) is 0 Å². The lowest BCUT2D eigenvalue weighted by Gasteiger charge is -2.12. The van der Waals surface area contributed by atoms with Crippen LogP contribution in [0.5, 0.6) is 5.75 Å². The van der Waals surface area contributed by atoms with E-state index >= 15 is 0 Å². The zero-order chi connectivity index (χ0) is 13.4. The first-order valence-electron chi connectivity index (χ1n) is 6.57. The van der Waals surface area contributed by atoms with E-state index < -0.39 is 0 Å². The van der Waals surface area contributed by atoms with Crippen molar-refractivity contribution in [3.8, 4) is 17.6 Å². The molecule has 0 aliphatic heterocycles. The molecular formula is C16H21FO. The summed E-state index contributed by atoms with van der Waals surface area (Å²) >= 11 is 0. The second kappa shape index (κ2) is 7.76. The Morgan fingerprint density at radius 2 is 2.11 bits per heavy atom. The van der Waals surface area contributed by atoms with Crippen molar-refractivity contribution in [3.05, 3.63) is 29.6 Å². The fourth-order valence-corrected chi connectivity index (χ4v) is 1.72. The summed E-state index contributed by atoms with van der Waals surface area (Å²) in [5.41, 5.74) is 0.904. The van der Waals surface area contributed by atoms with Gasteiger partial charge in [-0.05, 0) is 36.6 Å². The molecule has 2 heteroatoms. The monoisotopic (exact) mass is 248 g/mol. The predicted molar refractivity (Wildman–Crippen MR) is 73.1 cm³/mol. The lowest BCUT2D eigenvalue weighted by Crippen LogP contribution is -2.03. The summed E-state index contributed by atoms with van der Waals surface area (Å²) in [5.74, 6) is 7.00. The van der Waals surface area contributed by atoms with Crippen LogP contribution in [0.25, 0.3) is 0 Å². The highest BCUT2D eigenvalue weighted by Gasteiger charge is 2.08. The van der Waals surface area contributed by atoms with Crippen LogP contribution in [0.15, 0.2) is 18.2 Å². The van der Waals surface area contributed by atoms with E-state index in [1.165, 1.54) is 6.07 Å². The first kappa shape index (κ1) is 14.6. The summed E-state index contributed by atoms with van der Waals surface area (Å²) in [6.07, 6.45) is 2.53. The van der Waals surface area contributed by atoms with Crippen LogP contribution < -0.4 is 4.74 Å². The van der Waals surface area contributed by atoms with Gasteiger partial charge in [0, 0.05) is 12.3 Å². The molecule has 1 aromatic carbocycles. The van der Waals surface area contributed by atoms with Crippen molar-refractivity contribution in [2.45, 2.75) is 40.0 Å². The Bertz CT molecular complexity index is 428. The van der Waals surface area contributed by atoms with Gasteiger partial charge in [0.05, 0.1) is 6.61 Å². The second-order valence-corrected chi connectivity index (χ2v) is 4.38. The molecule has 1 nitrogen and oxygen atoms in total. The molecular weight excluding hydrogens is 227 g/mol. The molecule has 1 atom stereocenters. The van der Waals surface area contributed by atoms with E-state index in [2.05, 4.69) is 25.7 Å². The normalized spacial score (nSPS) is 11.6. The molecule has 0 saturated heterocycles. The largest absolute Gasteiger partial charge is 0.493 e. The molecule has 0 radical (unpaired) electrons. The minimum atomic E-state index is -0.218. The SMILES string of the molecule is CCC#CC(C)Cc1cc(F)ccc1OCCC. The van der Waals surface area contributed by atoms with Gasteiger partial charge in [-0.3, -0.25) is 0 Å². The van der Waals surface area contributed by atoms with Gasteiger partial charge in [-0.15, -0.1) is 5.92 Å². The number of benzene rings is 1. The maximum atomic E-state index is 13.3. The third-order valence-electron chi connectivity index (χ3n) is 2.54. The highest BCUT2D eigenvalue weighted by Crippen LogP contribution is 2.23. The number of halogens is 1. The minimum Gasteiger partial charge on any atom is -0.493 e. The Balaban J connectivity index is 2.81. The van der Waals surface area contributed by atoms with Crippen molar-refractivity contribution in [2.24, 2.45) is 5.92 Å². The van der Waals surface area contributed by atoms with Crippen molar-refractivity contribution in [1.29, 1.82) is 0 Å². The fraction of sp³-hybridized carbons (Fsp3) is 0.500. The second-order valence-electron chi connectivity index (χ2n) is 4.38. The van der Waals surface area contributed by atoms with Crippen LogP contribution >= 0.6 is 0 Å². The molecule has 0 saturated carbocycles. The van der Waals surface area contributed by atoms with Gasteiger partial charge in [-0.1, -0.05) is 26.7 Å². The molecule has 0 aliphatic carbocycles. The van der Waals surface area contributed by atoms with E-state index in [0.29, 0.717) is 6.61 Å². The summed E-state index contributed by atoms with van der Waals surface area (Å²) in [5, 5.41) is 0. The number of hydrogen-bond donors (Lipinski definition) is 0. The van der Waals surface area contributed by atoms with E-state index in [-0.39, 0.29) is 11.7 Å². The van der Waals surface area contributed by atoms with E-state index in [1.807, 2.05) is 6.92 Å². The predicted octanol–water partition coefficient (Wildman–Crippen LogP) is 4.21. The highest BCUT2D eigenvalue weighted by molar-refractivity contribution is 5.35. The van der Waals surface area contributed by atoms with Gasteiger partial charge in [-0.2, -0.15) is 0 Å². The van der Waals surface area contributed by atoms with Crippen molar-refractivity contribution >= 4 is 0 Å². The molecule has 0 aliphatic rings. The number of ether oxygens (including phenoxy) is 1. The lowest BCUT2D eigenvalue weighted by molar-refractivity contribution is 0.313. The maximum absolute atomic E-state index is 13.3. The Hall–Kier alpha value is -1.49. The smallest absolute Gasteiger partial charge is 0.123 e. The lowest BCUT2D eigenvalue weighted by atomic mass is 10.0. The number of rotatable bonds is 5. The zero-order valence-electron chi connectivity index (χ0n) is 11.4. The summed E-state index contributed by atoms with van der Waals surface area (Å²) in [7, 11) is 0. The molecule has 0 N–H and O–H groups in total. The average molecular weight is 248 g/mol. The zero-order valence-corrected chi connectivity index (χ0v) is 11.4. The minimum absolute atomic E-state index is 0.218. The first-order chi connectivity index (χ1) is 8.67. The van der Waals surface area contributed by atoms with Crippen LogP contribution in [0.2, 0.25) is 0 Å². The average Bonchev–Trinajstić information content (AvgIpc) is 2.35. The van der Waals surface area contributed by atoms with E-state index in [0.717, 1.165) is 30.6 Å².